The van der Waals surface area contributed by atoms with Gasteiger partial charge in [-0.1, -0.05) is 139 Å². The van der Waals surface area contributed by atoms with Gasteiger partial charge in [0.2, 0.25) is 0 Å². The van der Waals surface area contributed by atoms with Crippen molar-refractivity contribution >= 4 is 85.1 Å². The number of hydrogen-bond acceptors (Lipinski definition) is 4. The molecule has 0 fully saturated rings. The molecule has 4 aromatic heterocycles. The summed E-state index contributed by atoms with van der Waals surface area (Å²) in [6.07, 6.45) is 15.0. The minimum absolute atomic E-state index is 0.0594. The third-order valence-corrected chi connectivity index (χ3v) is 13.0. The van der Waals surface area contributed by atoms with Crippen LogP contribution in [0.3, 0.4) is 0 Å². The average Bonchev–Trinajstić information content (AvgIpc) is 3.87. The van der Waals surface area contributed by atoms with Crippen LogP contribution in [-0.2, 0) is 0 Å². The van der Waals surface area contributed by atoms with Crippen LogP contribution in [0.2, 0.25) is 0 Å². The van der Waals surface area contributed by atoms with E-state index in [1.807, 2.05) is 22.7 Å². The molecule has 0 saturated carbocycles. The molecule has 0 radical (unpaired) electrons. The van der Waals surface area contributed by atoms with Crippen molar-refractivity contribution in [3.05, 3.63) is 84.9 Å². The number of fused-ring (bicyclic) bond motifs is 10. The molecule has 258 valence electrons. The fraction of sp³-hybridized carbons (Fsp3) is 0.364. The summed E-state index contributed by atoms with van der Waals surface area (Å²) in [5.41, 5.74) is 18.6. The maximum absolute atomic E-state index is 7.15. The van der Waals surface area contributed by atoms with Gasteiger partial charge >= 0.3 is 0 Å². The van der Waals surface area contributed by atoms with Gasteiger partial charge in [0.25, 0.3) is 0 Å². The maximum Gasteiger partial charge on any atom is 0.0892 e. The van der Waals surface area contributed by atoms with Crippen LogP contribution < -0.4 is 11.2 Å². The van der Waals surface area contributed by atoms with Gasteiger partial charge in [-0.2, -0.15) is 0 Å². The maximum atomic E-state index is 7.15. The molecule has 50 heavy (non-hydrogen) atoms. The number of rotatable bonds is 16. The smallest absolute Gasteiger partial charge is 0.0892 e. The first-order valence-electron chi connectivity index (χ1n) is 19.1. The lowest BCUT2D eigenvalue weighted by Crippen LogP contribution is -2.18. The summed E-state index contributed by atoms with van der Waals surface area (Å²) in [7, 11) is 0. The Hall–Kier alpha value is -3.84. The second-order valence-electron chi connectivity index (χ2n) is 14.2. The summed E-state index contributed by atoms with van der Waals surface area (Å²) in [6, 6.07) is 31.9. The van der Waals surface area contributed by atoms with E-state index in [-0.39, 0.29) is 6.17 Å². The highest BCUT2D eigenvalue weighted by Crippen LogP contribution is 2.45. The summed E-state index contributed by atoms with van der Waals surface area (Å²) < 4.78 is 10.3. The summed E-state index contributed by atoms with van der Waals surface area (Å²) in [6.45, 7) is 5.54. The van der Waals surface area contributed by atoms with Crippen molar-refractivity contribution in [1.82, 2.24) is 9.24 Å². The zero-order valence-electron chi connectivity index (χ0n) is 29.6. The summed E-state index contributed by atoms with van der Waals surface area (Å²) in [4.78, 5) is 0. The molecule has 0 aliphatic carbocycles. The van der Waals surface area contributed by atoms with E-state index in [4.69, 9.17) is 5.73 Å². The molecule has 4 nitrogen and oxygen atoms in total. The Balaban J connectivity index is 1.20. The minimum Gasteiger partial charge on any atom is -0.325 e. The molecule has 0 spiro atoms. The molecule has 0 bridgehead atoms. The molecular formula is C44H50N4S2. The van der Waals surface area contributed by atoms with Crippen LogP contribution in [-0.4, -0.2) is 15.8 Å². The third kappa shape index (κ3) is 6.10. The second kappa shape index (κ2) is 14.8. The van der Waals surface area contributed by atoms with Gasteiger partial charge in [0, 0.05) is 37.5 Å². The lowest BCUT2D eigenvalue weighted by atomic mass is 10.0. The van der Waals surface area contributed by atoms with Crippen LogP contribution >= 0.6 is 22.7 Å². The molecule has 4 heterocycles. The van der Waals surface area contributed by atoms with Crippen LogP contribution in [0.4, 0.5) is 0 Å². The van der Waals surface area contributed by atoms with E-state index in [1.165, 1.54) is 138 Å². The number of hydrogen-bond donors (Lipinski definition) is 2. The van der Waals surface area contributed by atoms with E-state index in [0.29, 0.717) is 0 Å². The van der Waals surface area contributed by atoms with Gasteiger partial charge in [0.1, 0.15) is 0 Å². The number of unbranched alkanes of at least 4 members (excludes halogenated alkanes) is 9. The Morgan fingerprint density at radius 3 is 1.80 bits per heavy atom. The molecule has 0 aliphatic heterocycles. The van der Waals surface area contributed by atoms with Crippen molar-refractivity contribution in [2.75, 3.05) is 12.0 Å². The number of aromatic nitrogens is 2. The highest BCUT2D eigenvalue weighted by Gasteiger charge is 2.22. The Morgan fingerprint density at radius 1 is 0.580 bits per heavy atom. The fourth-order valence-electron chi connectivity index (χ4n) is 8.01. The zero-order valence-corrected chi connectivity index (χ0v) is 31.3. The van der Waals surface area contributed by atoms with Crippen molar-refractivity contribution in [3.8, 4) is 11.1 Å². The molecule has 1 unspecified atom stereocenters. The van der Waals surface area contributed by atoms with Gasteiger partial charge in [-0.3, -0.25) is 4.68 Å². The van der Waals surface area contributed by atoms with Crippen molar-refractivity contribution in [2.24, 2.45) is 5.73 Å². The minimum atomic E-state index is -0.0594. The van der Waals surface area contributed by atoms with Crippen LogP contribution in [0, 0.1) is 0 Å². The lowest BCUT2D eigenvalue weighted by Gasteiger charge is -2.17. The molecular weight excluding hydrogens is 649 g/mol. The van der Waals surface area contributed by atoms with E-state index in [0.717, 1.165) is 19.4 Å². The van der Waals surface area contributed by atoms with Gasteiger partial charge in [0.15, 0.2) is 0 Å². The topological polar surface area (TPSA) is 47.9 Å². The summed E-state index contributed by atoms with van der Waals surface area (Å²) >= 11 is 3.81. The SMILES string of the molecule is CCCCCCCCNn1c2cc(-c3ccc4c5sc6ccccc6c5n(C(N)CCCCCCC)c4c3)ccc2c2sc3ccccc3c21. The first-order valence-corrected chi connectivity index (χ1v) is 20.7. The predicted molar refractivity (Wildman–Crippen MR) is 223 cm³/mol. The molecule has 8 aromatic rings. The first-order chi connectivity index (χ1) is 24.7. The Morgan fingerprint density at radius 2 is 1.12 bits per heavy atom. The number of benzene rings is 4. The largest absolute Gasteiger partial charge is 0.325 e. The Bertz CT molecular complexity index is 2400. The van der Waals surface area contributed by atoms with E-state index < -0.39 is 0 Å². The van der Waals surface area contributed by atoms with Crippen LogP contribution in [0.5, 0.6) is 0 Å². The molecule has 0 amide bonds. The van der Waals surface area contributed by atoms with Crippen LogP contribution in [0.1, 0.15) is 97.1 Å². The highest BCUT2D eigenvalue weighted by atomic mass is 32.1. The fourth-order valence-corrected chi connectivity index (χ4v) is 10.5. The third-order valence-electron chi connectivity index (χ3n) is 10.7. The van der Waals surface area contributed by atoms with Crippen LogP contribution in [0.25, 0.3) is 73.5 Å². The monoisotopic (exact) mass is 698 g/mol. The Labute approximate surface area is 303 Å². The van der Waals surface area contributed by atoms with Crippen molar-refractivity contribution in [2.45, 2.75) is 97.1 Å². The van der Waals surface area contributed by atoms with Gasteiger partial charge in [-0.05, 0) is 48.2 Å². The number of nitrogens with two attached hydrogens (primary N) is 1. The highest BCUT2D eigenvalue weighted by molar-refractivity contribution is 7.27. The van der Waals surface area contributed by atoms with Gasteiger partial charge < -0.3 is 15.7 Å². The van der Waals surface area contributed by atoms with Crippen LogP contribution in [0.15, 0.2) is 84.9 Å². The van der Waals surface area contributed by atoms with Crippen molar-refractivity contribution < 1.29 is 0 Å². The molecule has 0 saturated heterocycles. The van der Waals surface area contributed by atoms with Crippen molar-refractivity contribution in [1.29, 1.82) is 0 Å². The molecule has 0 aliphatic rings. The standard InChI is InChI=1S/C44H50N4S2/c1-3-5-7-9-11-17-27-46-48-37-29-31(24-26-33(37)44-42(48)35-19-14-16-21-39(35)50-44)30-23-25-32-36(28-30)47(40(45)22-12-10-8-6-4-2)41-34-18-13-15-20-38(34)49-43(32)41/h13-16,18-21,23-26,28-29,40,46H,3-12,17,22,27,45H2,1-2H3. The number of nitrogens with zero attached hydrogens (tertiary/aromatic N) is 2. The van der Waals surface area contributed by atoms with E-state index >= 15 is 0 Å². The van der Waals surface area contributed by atoms with E-state index in [2.05, 4.69) is 113 Å². The van der Waals surface area contributed by atoms with Gasteiger partial charge in [-0.25, -0.2) is 0 Å². The van der Waals surface area contributed by atoms with E-state index in [9.17, 15) is 0 Å². The average molecular weight is 699 g/mol. The number of thiophene rings is 2. The van der Waals surface area contributed by atoms with Crippen molar-refractivity contribution in [3.63, 3.8) is 0 Å². The molecule has 3 N–H and O–H groups in total. The lowest BCUT2D eigenvalue weighted by molar-refractivity contribution is 0.471. The van der Waals surface area contributed by atoms with Gasteiger partial charge in [0.05, 0.1) is 37.6 Å². The summed E-state index contributed by atoms with van der Waals surface area (Å²) in [5.74, 6) is 0. The van der Waals surface area contributed by atoms with E-state index in [1.54, 1.807) is 0 Å². The molecule has 6 heteroatoms. The second-order valence-corrected chi connectivity index (χ2v) is 16.3. The molecule has 8 rings (SSSR count). The predicted octanol–water partition coefficient (Wildman–Crippen LogP) is 13.7. The van der Waals surface area contributed by atoms with Gasteiger partial charge in [-0.15, -0.1) is 22.7 Å². The molecule has 4 aromatic carbocycles. The summed E-state index contributed by atoms with van der Waals surface area (Å²) in [5, 5.41) is 5.27. The first kappa shape index (κ1) is 33.3. The molecule has 1 atom stereocenters. The zero-order chi connectivity index (χ0) is 34.0. The normalized spacial score (nSPS) is 12.9. The quantitative estimate of drug-likeness (QED) is 0.0987. The Kier molecular flexibility index (Phi) is 9.86. The number of nitrogens with one attached hydrogen (secondary N) is 1.